The van der Waals surface area contributed by atoms with Gasteiger partial charge in [-0.1, -0.05) is 24.3 Å². The Balaban J connectivity index is 1.10. The molecule has 3 amide bonds. The fourth-order valence-corrected chi connectivity index (χ4v) is 5.21. The molecule has 0 unspecified atom stereocenters. The summed E-state index contributed by atoms with van der Waals surface area (Å²) in [6, 6.07) is 12.0. The molecule has 8 nitrogen and oxygen atoms in total. The standard InChI is InChI=1S/C26H33N5O3/c32-24(18-28-12-9-20-5-1-2-6-22(20)16-28)19-31-14-13-30(26(31)34)17-23-8-7-21(15-27-23)25(33)29-10-3-4-11-29/h1-2,5-8,15,24,32H,3-4,9-14,16-19H2/t24-/m1/s1. The highest BCUT2D eigenvalue weighted by Gasteiger charge is 2.31. The maximum atomic E-state index is 12.9. The zero-order valence-corrected chi connectivity index (χ0v) is 19.6. The van der Waals surface area contributed by atoms with Crippen molar-refractivity contribution in [1.82, 2.24) is 24.6 Å². The van der Waals surface area contributed by atoms with Crippen LogP contribution < -0.4 is 0 Å². The first-order valence-corrected chi connectivity index (χ1v) is 12.3. The molecule has 0 bridgehead atoms. The zero-order valence-electron chi connectivity index (χ0n) is 19.6. The average molecular weight is 464 g/mol. The quantitative estimate of drug-likeness (QED) is 0.679. The predicted molar refractivity (Wildman–Crippen MR) is 128 cm³/mol. The summed E-state index contributed by atoms with van der Waals surface area (Å²) < 4.78 is 0. The highest BCUT2D eigenvalue weighted by atomic mass is 16.3. The number of aliphatic hydroxyl groups is 1. The van der Waals surface area contributed by atoms with Crippen molar-refractivity contribution >= 4 is 11.9 Å². The number of aliphatic hydroxyl groups excluding tert-OH is 1. The zero-order chi connectivity index (χ0) is 23.5. The van der Waals surface area contributed by atoms with Gasteiger partial charge in [0.25, 0.3) is 5.91 Å². The number of hydrogen-bond acceptors (Lipinski definition) is 5. The van der Waals surface area contributed by atoms with Gasteiger partial charge >= 0.3 is 6.03 Å². The van der Waals surface area contributed by atoms with Crippen LogP contribution in [-0.4, -0.2) is 93.5 Å². The molecule has 1 aromatic heterocycles. The molecule has 8 heteroatoms. The Labute approximate surface area is 200 Å². The van der Waals surface area contributed by atoms with Gasteiger partial charge in [-0.3, -0.25) is 14.7 Å². The minimum absolute atomic E-state index is 0.0335. The van der Waals surface area contributed by atoms with Gasteiger partial charge in [0.15, 0.2) is 0 Å². The van der Waals surface area contributed by atoms with Gasteiger partial charge in [-0.2, -0.15) is 0 Å². The first-order chi connectivity index (χ1) is 16.6. The minimum atomic E-state index is -0.580. The second kappa shape index (κ2) is 10.1. The maximum absolute atomic E-state index is 12.9. The van der Waals surface area contributed by atoms with Crippen molar-refractivity contribution < 1.29 is 14.7 Å². The van der Waals surface area contributed by atoms with Gasteiger partial charge in [0.2, 0.25) is 0 Å². The van der Waals surface area contributed by atoms with Crippen LogP contribution in [0.5, 0.6) is 0 Å². The average Bonchev–Trinajstić information content (AvgIpc) is 3.51. The summed E-state index contributed by atoms with van der Waals surface area (Å²) in [5.74, 6) is 0.0335. The number of likely N-dealkylation sites (tertiary alicyclic amines) is 1. The van der Waals surface area contributed by atoms with E-state index < -0.39 is 6.10 Å². The van der Waals surface area contributed by atoms with E-state index >= 15 is 0 Å². The van der Waals surface area contributed by atoms with E-state index in [1.165, 1.54) is 11.1 Å². The van der Waals surface area contributed by atoms with Gasteiger partial charge in [-0.15, -0.1) is 0 Å². The van der Waals surface area contributed by atoms with Crippen molar-refractivity contribution in [3.63, 3.8) is 0 Å². The molecule has 0 radical (unpaired) electrons. The molecule has 2 saturated heterocycles. The molecule has 0 saturated carbocycles. The number of pyridine rings is 1. The van der Waals surface area contributed by atoms with Crippen LogP contribution >= 0.6 is 0 Å². The summed E-state index contributed by atoms with van der Waals surface area (Å²) in [6.07, 6.45) is 4.16. The van der Waals surface area contributed by atoms with E-state index in [1.807, 2.05) is 17.0 Å². The van der Waals surface area contributed by atoms with Crippen LogP contribution in [0, 0.1) is 0 Å². The largest absolute Gasteiger partial charge is 0.390 e. The Morgan fingerprint density at radius 3 is 2.47 bits per heavy atom. The minimum Gasteiger partial charge on any atom is -0.390 e. The highest BCUT2D eigenvalue weighted by Crippen LogP contribution is 2.19. The second-order valence-electron chi connectivity index (χ2n) is 9.60. The van der Waals surface area contributed by atoms with Gasteiger partial charge in [0, 0.05) is 58.6 Å². The third-order valence-electron chi connectivity index (χ3n) is 7.11. The van der Waals surface area contributed by atoms with Crippen LogP contribution in [0.25, 0.3) is 0 Å². The van der Waals surface area contributed by atoms with Crippen LogP contribution in [0.4, 0.5) is 4.79 Å². The molecule has 3 aliphatic rings. The molecule has 0 aliphatic carbocycles. The summed E-state index contributed by atoms with van der Waals surface area (Å²) in [6.45, 7) is 5.92. The Hall–Kier alpha value is -2.97. The lowest BCUT2D eigenvalue weighted by Crippen LogP contribution is -2.43. The van der Waals surface area contributed by atoms with E-state index in [0.717, 1.165) is 51.1 Å². The number of carbonyl (C=O) groups excluding carboxylic acids is 2. The normalized spacial score (nSPS) is 19.6. The lowest BCUT2D eigenvalue weighted by molar-refractivity contribution is 0.0792. The first-order valence-electron chi connectivity index (χ1n) is 12.3. The Kier molecular flexibility index (Phi) is 6.78. The number of carbonyl (C=O) groups is 2. The number of hydrogen-bond donors (Lipinski definition) is 1. The number of fused-ring (bicyclic) bond motifs is 1. The number of β-amino-alcohol motifs (C(OH)–C–C–N with tert-alkyl or cyclic N) is 1. The summed E-state index contributed by atoms with van der Waals surface area (Å²) >= 11 is 0. The lowest BCUT2D eigenvalue weighted by Gasteiger charge is -2.31. The van der Waals surface area contributed by atoms with E-state index in [2.05, 4.69) is 34.1 Å². The molecule has 0 spiro atoms. The van der Waals surface area contributed by atoms with Crippen LogP contribution in [0.3, 0.4) is 0 Å². The SMILES string of the molecule is O=C(c1ccc(CN2CCN(C[C@H](O)CN3CCc4ccccc4C3)C2=O)nc1)N1CCCC1. The number of benzene rings is 1. The first kappa shape index (κ1) is 22.8. The predicted octanol–water partition coefficient (Wildman–Crippen LogP) is 1.97. The van der Waals surface area contributed by atoms with E-state index in [-0.39, 0.29) is 11.9 Å². The Morgan fingerprint density at radius 1 is 0.941 bits per heavy atom. The third-order valence-corrected chi connectivity index (χ3v) is 7.11. The van der Waals surface area contributed by atoms with Gasteiger partial charge in [-0.05, 0) is 42.5 Å². The molecule has 3 aliphatic heterocycles. The Morgan fingerprint density at radius 2 is 1.71 bits per heavy atom. The van der Waals surface area contributed by atoms with Crippen LogP contribution in [0.1, 0.15) is 40.0 Å². The summed E-state index contributed by atoms with van der Waals surface area (Å²) in [4.78, 5) is 37.4. The number of amides is 3. The summed E-state index contributed by atoms with van der Waals surface area (Å²) in [7, 11) is 0. The number of rotatable bonds is 7. The van der Waals surface area contributed by atoms with E-state index in [1.54, 1.807) is 16.0 Å². The monoisotopic (exact) mass is 463 g/mol. The number of urea groups is 1. The highest BCUT2D eigenvalue weighted by molar-refractivity contribution is 5.94. The van der Waals surface area contributed by atoms with E-state index in [9.17, 15) is 14.7 Å². The van der Waals surface area contributed by atoms with E-state index in [4.69, 9.17) is 0 Å². The molecular formula is C26H33N5O3. The van der Waals surface area contributed by atoms with Gasteiger partial charge in [-0.25, -0.2) is 4.79 Å². The van der Waals surface area contributed by atoms with Crippen molar-refractivity contribution in [2.45, 2.75) is 38.5 Å². The van der Waals surface area contributed by atoms with Crippen molar-refractivity contribution in [1.29, 1.82) is 0 Å². The van der Waals surface area contributed by atoms with Crippen molar-refractivity contribution in [2.75, 3.05) is 45.8 Å². The van der Waals surface area contributed by atoms with Crippen LogP contribution in [0.2, 0.25) is 0 Å². The third kappa shape index (κ3) is 5.08. The molecule has 2 aromatic rings. The molecule has 5 rings (SSSR count). The maximum Gasteiger partial charge on any atom is 0.320 e. The van der Waals surface area contributed by atoms with Crippen LogP contribution in [0.15, 0.2) is 42.6 Å². The fraction of sp³-hybridized carbons (Fsp3) is 0.500. The molecule has 1 atom stereocenters. The molecule has 2 fully saturated rings. The molecule has 34 heavy (non-hydrogen) atoms. The topological polar surface area (TPSA) is 80.2 Å². The number of nitrogens with zero attached hydrogens (tertiary/aromatic N) is 5. The van der Waals surface area contributed by atoms with Crippen molar-refractivity contribution in [2.24, 2.45) is 0 Å². The Bertz CT molecular complexity index is 1020. The van der Waals surface area contributed by atoms with Crippen LogP contribution in [-0.2, 0) is 19.5 Å². The van der Waals surface area contributed by atoms with Gasteiger partial charge < -0.3 is 19.8 Å². The van der Waals surface area contributed by atoms with E-state index in [0.29, 0.717) is 38.3 Å². The smallest absolute Gasteiger partial charge is 0.320 e. The summed E-state index contributed by atoms with van der Waals surface area (Å²) in [5.41, 5.74) is 4.08. The molecule has 180 valence electrons. The van der Waals surface area contributed by atoms with Crippen molar-refractivity contribution in [3.05, 3.63) is 65.0 Å². The van der Waals surface area contributed by atoms with Crippen molar-refractivity contribution in [3.8, 4) is 0 Å². The molecule has 4 heterocycles. The molecular weight excluding hydrogens is 430 g/mol. The number of aromatic nitrogens is 1. The van der Waals surface area contributed by atoms with Gasteiger partial charge in [0.05, 0.1) is 23.9 Å². The summed E-state index contributed by atoms with van der Waals surface area (Å²) in [5, 5.41) is 10.7. The molecule has 1 aromatic carbocycles. The van der Waals surface area contributed by atoms with Gasteiger partial charge in [0.1, 0.15) is 0 Å². The second-order valence-corrected chi connectivity index (χ2v) is 9.60. The molecule has 1 N–H and O–H groups in total. The fourth-order valence-electron chi connectivity index (χ4n) is 5.21. The lowest BCUT2D eigenvalue weighted by atomic mass is 10.00.